The van der Waals surface area contributed by atoms with Crippen LogP contribution in [-0.4, -0.2) is 0 Å². The molecule has 0 spiro atoms. The van der Waals surface area contributed by atoms with Crippen LogP contribution in [-0.2, 0) is 0 Å². The number of hydrogen-bond acceptors (Lipinski definition) is 2. The molecule has 0 unspecified atom stereocenters. The standard InChI is InChI=1S/C14H8BrFO2/c1-7-4-10-13(17)9-6-8(15)2-3-12(9)18-14(10)11(16)5-7/h2-6H,1H3. The van der Waals surface area contributed by atoms with Gasteiger partial charge in [-0.05, 0) is 42.8 Å². The number of rotatable bonds is 0. The number of halogens is 2. The van der Waals surface area contributed by atoms with E-state index < -0.39 is 5.82 Å². The predicted molar refractivity (Wildman–Crippen MR) is 72.4 cm³/mol. The molecule has 0 aliphatic rings. The Morgan fingerprint density at radius 3 is 2.72 bits per heavy atom. The van der Waals surface area contributed by atoms with Gasteiger partial charge in [0.2, 0.25) is 5.43 Å². The average Bonchev–Trinajstić information content (AvgIpc) is 2.32. The zero-order valence-corrected chi connectivity index (χ0v) is 11.0. The zero-order chi connectivity index (χ0) is 12.9. The molecule has 2 aromatic carbocycles. The summed E-state index contributed by atoms with van der Waals surface area (Å²) in [6.07, 6.45) is 0. The van der Waals surface area contributed by atoms with Gasteiger partial charge in [-0.2, -0.15) is 0 Å². The predicted octanol–water partition coefficient (Wildman–Crippen LogP) is 4.16. The monoisotopic (exact) mass is 306 g/mol. The second-order valence-electron chi connectivity index (χ2n) is 4.20. The largest absolute Gasteiger partial charge is 0.453 e. The van der Waals surface area contributed by atoms with Crippen molar-refractivity contribution < 1.29 is 8.81 Å². The van der Waals surface area contributed by atoms with Crippen molar-refractivity contribution in [2.75, 3.05) is 0 Å². The van der Waals surface area contributed by atoms with Gasteiger partial charge in [0.15, 0.2) is 11.4 Å². The highest BCUT2D eigenvalue weighted by molar-refractivity contribution is 9.10. The molecular weight excluding hydrogens is 299 g/mol. The Morgan fingerprint density at radius 1 is 1.17 bits per heavy atom. The average molecular weight is 307 g/mol. The summed E-state index contributed by atoms with van der Waals surface area (Å²) in [7, 11) is 0. The van der Waals surface area contributed by atoms with Crippen LogP contribution in [0.15, 0.2) is 44.0 Å². The van der Waals surface area contributed by atoms with Crippen molar-refractivity contribution in [1.82, 2.24) is 0 Å². The van der Waals surface area contributed by atoms with E-state index in [1.54, 1.807) is 31.2 Å². The molecule has 0 atom stereocenters. The van der Waals surface area contributed by atoms with Crippen molar-refractivity contribution in [2.45, 2.75) is 6.92 Å². The Morgan fingerprint density at radius 2 is 1.94 bits per heavy atom. The van der Waals surface area contributed by atoms with Crippen LogP contribution in [0, 0.1) is 12.7 Å². The molecule has 18 heavy (non-hydrogen) atoms. The summed E-state index contributed by atoms with van der Waals surface area (Å²) >= 11 is 3.30. The van der Waals surface area contributed by atoms with Crippen molar-refractivity contribution in [3.8, 4) is 0 Å². The minimum Gasteiger partial charge on any atom is -0.453 e. The van der Waals surface area contributed by atoms with Crippen LogP contribution < -0.4 is 5.43 Å². The van der Waals surface area contributed by atoms with Gasteiger partial charge in [-0.25, -0.2) is 4.39 Å². The lowest BCUT2D eigenvalue weighted by Gasteiger charge is -2.03. The van der Waals surface area contributed by atoms with Gasteiger partial charge in [0.05, 0.1) is 10.8 Å². The van der Waals surface area contributed by atoms with E-state index in [2.05, 4.69) is 15.9 Å². The molecule has 0 fully saturated rings. The quantitative estimate of drug-likeness (QED) is 0.584. The number of fused-ring (bicyclic) bond motifs is 2. The molecule has 3 rings (SSSR count). The third-order valence-electron chi connectivity index (χ3n) is 2.83. The molecule has 3 aromatic rings. The maximum absolute atomic E-state index is 13.8. The maximum atomic E-state index is 13.8. The molecule has 1 heterocycles. The summed E-state index contributed by atoms with van der Waals surface area (Å²) in [6, 6.07) is 8.09. The topological polar surface area (TPSA) is 30.2 Å². The van der Waals surface area contributed by atoms with Crippen molar-refractivity contribution in [3.05, 3.63) is 56.4 Å². The number of hydrogen-bond donors (Lipinski definition) is 0. The SMILES string of the molecule is Cc1cc(F)c2oc3ccc(Br)cc3c(=O)c2c1. The third-order valence-corrected chi connectivity index (χ3v) is 3.32. The first-order chi connectivity index (χ1) is 8.56. The van der Waals surface area contributed by atoms with Crippen molar-refractivity contribution in [2.24, 2.45) is 0 Å². The fourth-order valence-corrected chi connectivity index (χ4v) is 2.39. The first-order valence-corrected chi connectivity index (χ1v) is 6.18. The fourth-order valence-electron chi connectivity index (χ4n) is 2.03. The summed E-state index contributed by atoms with van der Waals surface area (Å²) < 4.78 is 20.1. The van der Waals surface area contributed by atoms with Crippen LogP contribution in [0.5, 0.6) is 0 Å². The summed E-state index contributed by atoms with van der Waals surface area (Å²) in [4.78, 5) is 12.3. The summed E-state index contributed by atoms with van der Waals surface area (Å²) in [5.74, 6) is -0.507. The molecule has 0 aliphatic carbocycles. The second kappa shape index (κ2) is 3.92. The number of benzene rings is 2. The molecule has 90 valence electrons. The molecule has 0 amide bonds. The van der Waals surface area contributed by atoms with Gasteiger partial charge >= 0.3 is 0 Å². The Labute approximate surface area is 110 Å². The van der Waals surface area contributed by atoms with Gasteiger partial charge in [0.25, 0.3) is 0 Å². The first-order valence-electron chi connectivity index (χ1n) is 5.38. The van der Waals surface area contributed by atoms with E-state index in [1.807, 2.05) is 0 Å². The minimum atomic E-state index is -0.507. The molecule has 2 nitrogen and oxygen atoms in total. The molecule has 0 saturated carbocycles. The van der Waals surface area contributed by atoms with Gasteiger partial charge < -0.3 is 4.42 Å². The van der Waals surface area contributed by atoms with Crippen LogP contribution in [0.1, 0.15) is 5.56 Å². The summed E-state index contributed by atoms with van der Waals surface area (Å²) in [5.41, 5.74) is 0.885. The highest BCUT2D eigenvalue weighted by Crippen LogP contribution is 2.24. The van der Waals surface area contributed by atoms with E-state index in [-0.39, 0.29) is 16.4 Å². The molecular formula is C14H8BrFO2. The zero-order valence-electron chi connectivity index (χ0n) is 9.46. The molecule has 4 heteroatoms. The van der Waals surface area contributed by atoms with Crippen molar-refractivity contribution in [3.63, 3.8) is 0 Å². The Balaban J connectivity index is 2.61. The third kappa shape index (κ3) is 1.64. The lowest BCUT2D eigenvalue weighted by Crippen LogP contribution is -2.03. The van der Waals surface area contributed by atoms with E-state index in [9.17, 15) is 9.18 Å². The summed E-state index contributed by atoms with van der Waals surface area (Å²) in [5, 5.41) is 0.722. The highest BCUT2D eigenvalue weighted by Gasteiger charge is 2.12. The fraction of sp³-hybridized carbons (Fsp3) is 0.0714. The smallest absolute Gasteiger partial charge is 0.200 e. The van der Waals surface area contributed by atoms with E-state index >= 15 is 0 Å². The molecule has 0 aliphatic heterocycles. The van der Waals surface area contributed by atoms with Gasteiger partial charge in [0, 0.05) is 4.47 Å². The van der Waals surface area contributed by atoms with E-state index in [4.69, 9.17) is 4.42 Å². The van der Waals surface area contributed by atoms with Gasteiger partial charge in [-0.3, -0.25) is 4.79 Å². The Kier molecular flexibility index (Phi) is 2.48. The highest BCUT2D eigenvalue weighted by atomic mass is 79.9. The van der Waals surface area contributed by atoms with Crippen LogP contribution in [0.25, 0.3) is 21.9 Å². The Bertz CT molecular complexity index is 836. The summed E-state index contributed by atoms with van der Waals surface area (Å²) in [6.45, 7) is 1.74. The van der Waals surface area contributed by atoms with Crippen molar-refractivity contribution >= 4 is 37.9 Å². The van der Waals surface area contributed by atoms with E-state index in [1.165, 1.54) is 6.07 Å². The minimum absolute atomic E-state index is 0.0143. The molecule has 1 aromatic heterocycles. The second-order valence-corrected chi connectivity index (χ2v) is 5.11. The van der Waals surface area contributed by atoms with Crippen LogP contribution >= 0.6 is 15.9 Å². The van der Waals surface area contributed by atoms with E-state index in [0.717, 1.165) is 4.47 Å². The number of aryl methyl sites for hydroxylation is 1. The van der Waals surface area contributed by atoms with Gasteiger partial charge in [-0.15, -0.1) is 0 Å². The normalized spacial score (nSPS) is 11.3. The van der Waals surface area contributed by atoms with Gasteiger partial charge in [-0.1, -0.05) is 15.9 Å². The molecule has 0 radical (unpaired) electrons. The maximum Gasteiger partial charge on any atom is 0.200 e. The Hall–Kier alpha value is -1.68. The molecule has 0 N–H and O–H groups in total. The van der Waals surface area contributed by atoms with Crippen LogP contribution in [0.3, 0.4) is 0 Å². The lowest BCUT2D eigenvalue weighted by atomic mass is 10.1. The van der Waals surface area contributed by atoms with Crippen LogP contribution in [0.4, 0.5) is 4.39 Å². The van der Waals surface area contributed by atoms with Gasteiger partial charge in [0.1, 0.15) is 5.58 Å². The molecule has 0 saturated heterocycles. The first kappa shape index (κ1) is 11.4. The van der Waals surface area contributed by atoms with Crippen molar-refractivity contribution in [1.29, 1.82) is 0 Å². The molecule has 0 bridgehead atoms. The van der Waals surface area contributed by atoms with Crippen LogP contribution in [0.2, 0.25) is 0 Å². The lowest BCUT2D eigenvalue weighted by molar-refractivity contribution is 0.578. The van der Waals surface area contributed by atoms with E-state index in [0.29, 0.717) is 16.5 Å².